The third kappa shape index (κ3) is 5.24. The summed E-state index contributed by atoms with van der Waals surface area (Å²) < 4.78 is 47.2. The summed E-state index contributed by atoms with van der Waals surface area (Å²) in [5.41, 5.74) is 3.74. The van der Waals surface area contributed by atoms with E-state index in [4.69, 9.17) is 4.74 Å². The maximum Gasteiger partial charge on any atom is 0.175 e. The highest BCUT2D eigenvalue weighted by Gasteiger charge is 2.30. The largest absolute Gasteiger partial charge is 0.593 e. The summed E-state index contributed by atoms with van der Waals surface area (Å²) in [5.74, 6) is 0.323. The van der Waals surface area contributed by atoms with Gasteiger partial charge in [0.25, 0.3) is 0 Å². The molecule has 0 aromatic heterocycles. The van der Waals surface area contributed by atoms with E-state index in [0.29, 0.717) is 22.8 Å². The lowest BCUT2D eigenvalue weighted by Gasteiger charge is -2.20. The Morgan fingerprint density at radius 3 is 2.53 bits per heavy atom. The summed E-state index contributed by atoms with van der Waals surface area (Å²) in [5, 5.41) is 0. The lowest BCUT2D eigenvalue weighted by atomic mass is 10.0. The number of hydrogen-bond donors (Lipinski definition) is 1. The third-order valence-electron chi connectivity index (χ3n) is 5.76. The molecule has 4 rings (SSSR count). The summed E-state index contributed by atoms with van der Waals surface area (Å²) >= 11 is 0. The van der Waals surface area contributed by atoms with Gasteiger partial charge in [0.15, 0.2) is 15.3 Å². The van der Waals surface area contributed by atoms with Gasteiger partial charge in [-0.2, -0.15) is 0 Å². The molecule has 168 valence electrons. The molecule has 2 unspecified atom stereocenters. The van der Waals surface area contributed by atoms with Crippen LogP contribution in [-0.4, -0.2) is 35.7 Å². The lowest BCUT2D eigenvalue weighted by molar-refractivity contribution is 0.323. The number of rotatable bonds is 7. The maximum absolute atomic E-state index is 13.7. The number of nitrogens with zero attached hydrogens (tertiary/aromatic N) is 1. The Morgan fingerprint density at radius 1 is 1.12 bits per heavy atom. The van der Waals surface area contributed by atoms with Crippen molar-refractivity contribution in [2.45, 2.75) is 30.8 Å². The fraction of sp³-hybridized carbons (Fsp3) is 0.280. The van der Waals surface area contributed by atoms with Gasteiger partial charge >= 0.3 is 0 Å². The first-order valence-electron chi connectivity index (χ1n) is 10.6. The van der Waals surface area contributed by atoms with E-state index in [1.165, 1.54) is 12.1 Å². The summed E-state index contributed by atoms with van der Waals surface area (Å²) in [6.45, 7) is 4.13. The molecule has 7 heteroatoms. The van der Waals surface area contributed by atoms with Gasteiger partial charge in [-0.1, -0.05) is 46.2 Å². The Kier molecular flexibility index (Phi) is 6.71. The number of aryl methyl sites for hydroxylation is 1. The molecule has 1 aliphatic heterocycles. The zero-order valence-corrected chi connectivity index (χ0v) is 19.0. The van der Waals surface area contributed by atoms with Gasteiger partial charge in [0.1, 0.15) is 11.6 Å². The van der Waals surface area contributed by atoms with Crippen LogP contribution in [0, 0.1) is 12.7 Å². The van der Waals surface area contributed by atoms with Crippen molar-refractivity contribution in [3.8, 4) is 16.9 Å². The molecule has 0 saturated carbocycles. The van der Waals surface area contributed by atoms with Gasteiger partial charge in [0, 0.05) is 25.2 Å². The quantitative estimate of drug-likeness (QED) is 0.531. The molecule has 0 radical (unpaired) electrons. The van der Waals surface area contributed by atoms with E-state index < -0.39 is 10.4 Å². The Labute approximate surface area is 189 Å². The molecule has 1 saturated heterocycles. The number of ether oxygens (including phenoxy) is 1. The molecule has 1 heterocycles. The van der Waals surface area contributed by atoms with Crippen molar-refractivity contribution in [1.29, 1.82) is 0 Å². The first-order chi connectivity index (χ1) is 15.3. The number of benzene rings is 3. The smallest absolute Gasteiger partial charge is 0.175 e. The number of likely N-dealkylation sites (tertiary alicyclic amines) is 1. The monoisotopic (exact) mass is 454 g/mol. The van der Waals surface area contributed by atoms with Crippen LogP contribution in [0.4, 0.5) is 4.39 Å². The van der Waals surface area contributed by atoms with E-state index in [1.54, 1.807) is 37.4 Å². The number of nitrogens with one attached hydrogen (secondary N) is 1. The molecule has 0 amide bonds. The number of hydrogen-bond acceptors (Lipinski definition) is 4. The first-order valence-corrected chi connectivity index (χ1v) is 12.1. The van der Waals surface area contributed by atoms with Crippen molar-refractivity contribution >= 4 is 10.4 Å². The van der Waals surface area contributed by atoms with Crippen LogP contribution >= 0.6 is 0 Å². The van der Waals surface area contributed by atoms with Gasteiger partial charge in [-0.15, -0.1) is 4.72 Å². The topological polar surface area (TPSA) is 64.6 Å². The second kappa shape index (κ2) is 9.50. The maximum atomic E-state index is 13.7. The van der Waals surface area contributed by atoms with Crippen molar-refractivity contribution in [3.05, 3.63) is 83.7 Å². The Bertz CT molecular complexity index is 1120. The molecule has 1 aliphatic rings. The minimum atomic E-state index is -3.52. The van der Waals surface area contributed by atoms with Gasteiger partial charge < -0.3 is 9.29 Å². The number of sulfonamides is 1. The van der Waals surface area contributed by atoms with Gasteiger partial charge in [0.05, 0.1) is 13.2 Å². The van der Waals surface area contributed by atoms with Crippen LogP contribution in [0.3, 0.4) is 0 Å². The molecule has 0 aliphatic carbocycles. The predicted molar refractivity (Wildman–Crippen MR) is 123 cm³/mol. The van der Waals surface area contributed by atoms with Crippen LogP contribution in [0.2, 0.25) is 0 Å². The van der Waals surface area contributed by atoms with Crippen molar-refractivity contribution in [1.82, 2.24) is 9.62 Å². The summed E-state index contributed by atoms with van der Waals surface area (Å²) in [6, 6.07) is 19.2. The summed E-state index contributed by atoms with van der Waals surface area (Å²) in [6.07, 6.45) is 0.768. The summed E-state index contributed by atoms with van der Waals surface area (Å²) in [4.78, 5) is 2.53. The Balaban J connectivity index is 1.37. The minimum Gasteiger partial charge on any atom is -0.593 e. The van der Waals surface area contributed by atoms with Gasteiger partial charge in [-0.05, 0) is 54.8 Å². The Morgan fingerprint density at radius 2 is 1.84 bits per heavy atom. The molecule has 5 nitrogen and oxygen atoms in total. The van der Waals surface area contributed by atoms with Crippen molar-refractivity contribution in [3.63, 3.8) is 0 Å². The van der Waals surface area contributed by atoms with Crippen LogP contribution in [0.1, 0.15) is 17.5 Å². The van der Waals surface area contributed by atoms with Crippen LogP contribution in [0.25, 0.3) is 11.1 Å². The molecule has 0 bridgehead atoms. The molecule has 3 aromatic carbocycles. The van der Waals surface area contributed by atoms with Crippen molar-refractivity contribution < 1.29 is 17.9 Å². The van der Waals surface area contributed by atoms with E-state index in [2.05, 4.69) is 9.62 Å². The minimum absolute atomic E-state index is 0.114. The molecular weight excluding hydrogens is 427 g/mol. The lowest BCUT2D eigenvalue weighted by Crippen LogP contribution is -2.40. The molecule has 0 spiro atoms. The highest BCUT2D eigenvalue weighted by Crippen LogP contribution is 2.31. The molecule has 1 fully saturated rings. The van der Waals surface area contributed by atoms with Crippen LogP contribution in [0.15, 0.2) is 71.6 Å². The highest BCUT2D eigenvalue weighted by molar-refractivity contribution is 7.95. The molecule has 2 atom stereocenters. The molecular formula is C25H27FN2O3S. The van der Waals surface area contributed by atoms with E-state index in [1.807, 2.05) is 31.2 Å². The predicted octanol–water partition coefficient (Wildman–Crippen LogP) is 4.58. The number of methoxy groups -OCH3 is 1. The van der Waals surface area contributed by atoms with E-state index in [-0.39, 0.29) is 11.9 Å². The normalized spacial score (nSPS) is 18.4. The fourth-order valence-corrected chi connectivity index (χ4v) is 5.29. The molecule has 3 aromatic rings. The van der Waals surface area contributed by atoms with Gasteiger partial charge in [0.2, 0.25) is 0 Å². The standard InChI is InChI=1S/C25H27FN2O3S/c1-18-3-10-23(11-4-18)32(29,30)27-22-13-14-28(17-22)16-19-5-7-20(8-6-19)24-15-21(26)9-12-25(24)31-2/h3-12,15,22H,13-14,16-17H2,1-2H3,(H-,27,29,30). The van der Waals surface area contributed by atoms with Crippen molar-refractivity contribution in [2.75, 3.05) is 20.2 Å². The Hall–Kier alpha value is -2.58. The van der Waals surface area contributed by atoms with Gasteiger partial charge in [-0.25, -0.2) is 4.39 Å². The fourth-order valence-electron chi connectivity index (χ4n) is 4.03. The number of halogens is 1. The first kappa shape index (κ1) is 22.6. The SMILES string of the molecule is COc1ccc(F)cc1-c1ccc(CN2CCC(N[S+](=O)([O-])c3ccc(C)cc3)C2)cc1. The van der Waals surface area contributed by atoms with Crippen molar-refractivity contribution in [2.24, 2.45) is 0 Å². The van der Waals surface area contributed by atoms with Crippen LogP contribution in [0.5, 0.6) is 5.75 Å². The zero-order valence-electron chi connectivity index (χ0n) is 18.2. The molecule has 1 N–H and O–H groups in total. The van der Waals surface area contributed by atoms with Crippen LogP contribution in [-0.2, 0) is 21.2 Å². The highest BCUT2D eigenvalue weighted by atomic mass is 32.3. The summed E-state index contributed by atoms with van der Waals surface area (Å²) in [7, 11) is -1.95. The van der Waals surface area contributed by atoms with E-state index in [0.717, 1.165) is 36.2 Å². The average molecular weight is 455 g/mol. The van der Waals surface area contributed by atoms with Crippen LogP contribution < -0.4 is 9.46 Å². The second-order valence-corrected chi connectivity index (χ2v) is 9.91. The van der Waals surface area contributed by atoms with E-state index in [9.17, 15) is 13.2 Å². The van der Waals surface area contributed by atoms with E-state index >= 15 is 0 Å². The third-order valence-corrected chi connectivity index (χ3v) is 7.29. The molecule has 32 heavy (non-hydrogen) atoms. The zero-order chi connectivity index (χ0) is 22.7. The second-order valence-electron chi connectivity index (χ2n) is 8.20. The average Bonchev–Trinajstić information content (AvgIpc) is 3.20. The van der Waals surface area contributed by atoms with Gasteiger partial charge in [-0.3, -0.25) is 4.90 Å².